The van der Waals surface area contributed by atoms with Crippen LogP contribution in [0.5, 0.6) is 0 Å². The molecule has 0 amide bonds. The fourth-order valence-electron chi connectivity index (χ4n) is 3.41. The number of pyridine rings is 1. The van der Waals surface area contributed by atoms with Gasteiger partial charge in [-0.2, -0.15) is 9.57 Å². The van der Waals surface area contributed by atoms with Crippen LogP contribution in [-0.4, -0.2) is 29.8 Å². The lowest BCUT2D eigenvalue weighted by atomic mass is 9.87. The zero-order chi connectivity index (χ0) is 16.6. The average Bonchev–Trinajstić information content (AvgIpc) is 3.34. The highest BCUT2D eigenvalue weighted by Gasteiger charge is 2.43. The van der Waals surface area contributed by atoms with Gasteiger partial charge < -0.3 is 0 Å². The van der Waals surface area contributed by atoms with Crippen molar-refractivity contribution in [3.63, 3.8) is 0 Å². The largest absolute Gasteiger partial charge is 0.259 e. The number of sulfonamides is 1. The van der Waals surface area contributed by atoms with Crippen LogP contribution in [0, 0.1) is 24.2 Å². The Morgan fingerprint density at radius 2 is 1.74 bits per heavy atom. The molecule has 23 heavy (non-hydrogen) atoms. The quantitative estimate of drug-likeness (QED) is 0.849. The van der Waals surface area contributed by atoms with Crippen LogP contribution in [0.3, 0.4) is 0 Å². The lowest BCUT2D eigenvalue weighted by Gasteiger charge is -2.35. The van der Waals surface area contributed by atoms with Crippen molar-refractivity contribution in [1.29, 1.82) is 5.26 Å². The summed E-state index contributed by atoms with van der Waals surface area (Å²) in [5, 5.41) is 9.15. The fourth-order valence-corrected chi connectivity index (χ4v) is 5.31. The number of hydrogen-bond acceptors (Lipinski definition) is 4. The summed E-state index contributed by atoms with van der Waals surface area (Å²) in [5.74, 6) is 0.682. The van der Waals surface area contributed by atoms with Crippen LogP contribution in [0.15, 0.2) is 17.2 Å². The van der Waals surface area contributed by atoms with Gasteiger partial charge in [-0.1, -0.05) is 6.92 Å². The second-order valence-electron chi connectivity index (χ2n) is 6.90. The number of nitrogens with zero attached hydrogens (tertiary/aromatic N) is 3. The highest BCUT2D eigenvalue weighted by atomic mass is 32.2. The molecule has 1 aromatic rings. The second-order valence-corrected chi connectivity index (χ2v) is 8.74. The van der Waals surface area contributed by atoms with Gasteiger partial charge in [-0.05, 0) is 57.4 Å². The molecule has 5 nitrogen and oxygen atoms in total. The van der Waals surface area contributed by atoms with Gasteiger partial charge in [-0.15, -0.1) is 0 Å². The Bertz CT molecular complexity index is 727. The number of hydrogen-bond donors (Lipinski definition) is 0. The van der Waals surface area contributed by atoms with Crippen molar-refractivity contribution in [3.8, 4) is 6.07 Å². The molecule has 3 rings (SSSR count). The van der Waals surface area contributed by atoms with Crippen molar-refractivity contribution in [2.24, 2.45) is 5.92 Å². The minimum absolute atomic E-state index is 0.0931. The van der Waals surface area contributed by atoms with E-state index in [0.717, 1.165) is 38.5 Å². The summed E-state index contributed by atoms with van der Waals surface area (Å²) in [6, 6.07) is 3.73. The van der Waals surface area contributed by atoms with Gasteiger partial charge in [-0.3, -0.25) is 4.98 Å². The van der Waals surface area contributed by atoms with Crippen LogP contribution in [0.4, 0.5) is 0 Å². The smallest absolute Gasteiger partial charge is 0.245 e. The van der Waals surface area contributed by atoms with Crippen molar-refractivity contribution < 1.29 is 8.42 Å². The number of aryl methyl sites for hydroxylation is 1. The van der Waals surface area contributed by atoms with E-state index in [1.807, 2.05) is 6.07 Å². The molecule has 0 spiro atoms. The van der Waals surface area contributed by atoms with E-state index >= 15 is 0 Å². The molecule has 124 valence electrons. The highest BCUT2D eigenvalue weighted by molar-refractivity contribution is 7.89. The minimum Gasteiger partial charge on any atom is -0.259 e. The van der Waals surface area contributed by atoms with Gasteiger partial charge in [0.25, 0.3) is 0 Å². The molecule has 1 heterocycles. The molecule has 0 atom stereocenters. The van der Waals surface area contributed by atoms with Crippen molar-refractivity contribution in [3.05, 3.63) is 23.5 Å². The highest BCUT2D eigenvalue weighted by Crippen LogP contribution is 2.39. The summed E-state index contributed by atoms with van der Waals surface area (Å²) in [4.78, 5) is 4.26. The molecule has 0 unspecified atom stereocenters. The Kier molecular flexibility index (Phi) is 4.43. The van der Waals surface area contributed by atoms with Crippen LogP contribution in [-0.2, 0) is 10.0 Å². The molecule has 1 aromatic heterocycles. The third-order valence-corrected chi connectivity index (χ3v) is 6.98. The van der Waals surface area contributed by atoms with Gasteiger partial charge in [-0.25, -0.2) is 8.42 Å². The molecule has 2 aliphatic rings. The van der Waals surface area contributed by atoms with E-state index in [0.29, 0.717) is 17.2 Å². The van der Waals surface area contributed by atoms with Gasteiger partial charge in [0.15, 0.2) is 0 Å². The number of nitriles is 1. The molecular weight excluding hydrogens is 310 g/mol. The van der Waals surface area contributed by atoms with E-state index in [1.165, 1.54) is 12.3 Å². The third kappa shape index (κ3) is 3.26. The summed E-state index contributed by atoms with van der Waals surface area (Å²) < 4.78 is 28.0. The molecule has 2 fully saturated rings. The van der Waals surface area contributed by atoms with Crippen molar-refractivity contribution in [2.45, 2.75) is 69.4 Å². The first-order chi connectivity index (χ1) is 10.9. The third-order valence-electron chi connectivity index (χ3n) is 5.01. The van der Waals surface area contributed by atoms with Gasteiger partial charge in [0.2, 0.25) is 10.0 Å². The Morgan fingerprint density at radius 3 is 2.26 bits per heavy atom. The monoisotopic (exact) mass is 333 g/mol. The maximum absolute atomic E-state index is 13.2. The lowest BCUT2D eigenvalue weighted by Crippen LogP contribution is -2.43. The Labute approximate surface area is 138 Å². The van der Waals surface area contributed by atoms with E-state index < -0.39 is 10.0 Å². The molecule has 2 saturated carbocycles. The van der Waals surface area contributed by atoms with E-state index in [2.05, 4.69) is 11.9 Å². The zero-order valence-corrected chi connectivity index (χ0v) is 14.5. The van der Waals surface area contributed by atoms with Crippen LogP contribution in [0.2, 0.25) is 0 Å². The molecule has 0 bridgehead atoms. The van der Waals surface area contributed by atoms with Crippen LogP contribution in [0.25, 0.3) is 0 Å². The van der Waals surface area contributed by atoms with Gasteiger partial charge in [0, 0.05) is 18.3 Å². The molecule has 0 aliphatic heterocycles. The minimum atomic E-state index is -3.58. The van der Waals surface area contributed by atoms with E-state index in [1.54, 1.807) is 11.2 Å². The lowest BCUT2D eigenvalue weighted by molar-refractivity contribution is 0.216. The van der Waals surface area contributed by atoms with Gasteiger partial charge in [0.05, 0.1) is 11.3 Å². The molecule has 2 aliphatic carbocycles. The summed E-state index contributed by atoms with van der Waals surface area (Å²) in [7, 11) is -3.58. The number of aromatic nitrogens is 1. The van der Waals surface area contributed by atoms with Crippen LogP contribution >= 0.6 is 0 Å². The first kappa shape index (κ1) is 16.4. The second kappa shape index (κ2) is 6.21. The molecule has 6 heteroatoms. The van der Waals surface area contributed by atoms with Crippen molar-refractivity contribution >= 4 is 10.0 Å². The standard InChI is InChI=1S/C17H23N3O2S/c1-12-3-5-15(6-4-12)20(16-7-8-16)23(21,22)17-9-14(10-18)13(2)19-11-17/h9,11-12,15-16H,3-8H2,1-2H3. The molecular formula is C17H23N3O2S. The molecule has 0 aromatic carbocycles. The SMILES string of the molecule is Cc1ncc(S(=O)(=O)N(C2CCC(C)CC2)C2CC2)cc1C#N. The maximum Gasteiger partial charge on any atom is 0.245 e. The van der Waals surface area contributed by atoms with Crippen molar-refractivity contribution in [2.75, 3.05) is 0 Å². The van der Waals surface area contributed by atoms with E-state index in [-0.39, 0.29) is 17.0 Å². The first-order valence-electron chi connectivity index (χ1n) is 8.33. The topological polar surface area (TPSA) is 74.1 Å². The molecule has 0 radical (unpaired) electrons. The Hall–Kier alpha value is -1.45. The Morgan fingerprint density at radius 1 is 1.17 bits per heavy atom. The number of rotatable bonds is 4. The van der Waals surface area contributed by atoms with E-state index in [9.17, 15) is 8.42 Å². The van der Waals surface area contributed by atoms with Crippen LogP contribution in [0.1, 0.15) is 56.7 Å². The summed E-state index contributed by atoms with van der Waals surface area (Å²) >= 11 is 0. The summed E-state index contributed by atoms with van der Waals surface area (Å²) in [6.07, 6.45) is 7.30. The molecule has 0 N–H and O–H groups in total. The summed E-state index contributed by atoms with van der Waals surface area (Å²) in [5.41, 5.74) is 0.898. The normalized spacial score (nSPS) is 25.3. The van der Waals surface area contributed by atoms with Crippen LogP contribution < -0.4 is 0 Å². The average molecular weight is 333 g/mol. The molecule has 0 saturated heterocycles. The van der Waals surface area contributed by atoms with Gasteiger partial charge in [0.1, 0.15) is 11.0 Å². The Balaban J connectivity index is 1.94. The zero-order valence-electron chi connectivity index (χ0n) is 13.7. The van der Waals surface area contributed by atoms with E-state index in [4.69, 9.17) is 5.26 Å². The van der Waals surface area contributed by atoms with Crippen molar-refractivity contribution in [1.82, 2.24) is 9.29 Å². The predicted octanol–water partition coefficient (Wildman–Crippen LogP) is 2.99. The van der Waals surface area contributed by atoms with Gasteiger partial charge >= 0.3 is 0 Å². The predicted molar refractivity (Wildman–Crippen MR) is 87.2 cm³/mol. The fraction of sp³-hybridized carbons (Fsp3) is 0.647. The maximum atomic E-state index is 13.2. The summed E-state index contributed by atoms with van der Waals surface area (Å²) in [6.45, 7) is 3.95. The first-order valence-corrected chi connectivity index (χ1v) is 9.77.